The molecular weight excluding hydrogens is 246 g/mol. The molecule has 112 valence electrons. The maximum atomic E-state index is 12.3. The molecule has 0 spiro atoms. The first kappa shape index (κ1) is 16.7. The summed E-state index contributed by atoms with van der Waals surface area (Å²) in [6.07, 6.45) is 0. The van der Waals surface area contributed by atoms with Crippen LogP contribution in [0.15, 0.2) is 18.2 Å². The van der Waals surface area contributed by atoms with E-state index in [4.69, 9.17) is 0 Å². The van der Waals surface area contributed by atoms with Crippen molar-refractivity contribution in [3.63, 3.8) is 0 Å². The lowest BCUT2D eigenvalue weighted by Gasteiger charge is -2.22. The van der Waals surface area contributed by atoms with Gasteiger partial charge in [0.1, 0.15) is 0 Å². The van der Waals surface area contributed by atoms with E-state index < -0.39 is 0 Å². The van der Waals surface area contributed by atoms with Crippen LogP contribution in [0.4, 0.5) is 0 Å². The van der Waals surface area contributed by atoms with E-state index in [-0.39, 0.29) is 11.3 Å². The lowest BCUT2D eigenvalue weighted by atomic mass is 9.83. The van der Waals surface area contributed by atoms with Crippen molar-refractivity contribution < 1.29 is 4.79 Å². The Bertz CT molecular complexity index is 467. The van der Waals surface area contributed by atoms with Gasteiger partial charge in [-0.3, -0.25) is 4.79 Å². The molecule has 2 nitrogen and oxygen atoms in total. The summed E-state index contributed by atoms with van der Waals surface area (Å²) in [5.74, 6) is 0.926. The summed E-state index contributed by atoms with van der Waals surface area (Å²) in [7, 11) is 0. The first-order chi connectivity index (χ1) is 9.11. The van der Waals surface area contributed by atoms with E-state index in [0.717, 1.165) is 12.1 Å². The zero-order valence-corrected chi connectivity index (χ0v) is 14.0. The summed E-state index contributed by atoms with van der Waals surface area (Å²) >= 11 is 0. The van der Waals surface area contributed by atoms with Gasteiger partial charge in [0.15, 0.2) is 0 Å². The molecule has 1 aromatic carbocycles. The summed E-state index contributed by atoms with van der Waals surface area (Å²) < 4.78 is 0. The third kappa shape index (κ3) is 4.66. The smallest absolute Gasteiger partial charge is 0.251 e. The molecule has 0 aliphatic rings. The van der Waals surface area contributed by atoms with E-state index in [0.29, 0.717) is 11.8 Å². The summed E-state index contributed by atoms with van der Waals surface area (Å²) in [5.41, 5.74) is 3.28. The molecule has 2 heteroatoms. The molecule has 0 aliphatic carbocycles. The van der Waals surface area contributed by atoms with Crippen molar-refractivity contribution in [2.75, 3.05) is 6.54 Å². The van der Waals surface area contributed by atoms with Crippen molar-refractivity contribution in [1.82, 2.24) is 5.32 Å². The van der Waals surface area contributed by atoms with Gasteiger partial charge < -0.3 is 5.32 Å². The highest BCUT2D eigenvalue weighted by Crippen LogP contribution is 2.27. The third-order valence-corrected chi connectivity index (χ3v) is 3.42. The maximum absolute atomic E-state index is 12.3. The van der Waals surface area contributed by atoms with E-state index in [9.17, 15) is 4.79 Å². The van der Waals surface area contributed by atoms with Crippen LogP contribution >= 0.6 is 0 Å². The fourth-order valence-corrected chi connectivity index (χ4v) is 1.95. The number of carbonyl (C=O) groups is 1. The molecule has 0 aromatic heterocycles. The second-order valence-corrected chi connectivity index (χ2v) is 7.35. The van der Waals surface area contributed by atoms with E-state index in [2.05, 4.69) is 59.8 Å². The van der Waals surface area contributed by atoms with Crippen LogP contribution in [0, 0.1) is 5.92 Å². The fourth-order valence-electron chi connectivity index (χ4n) is 1.95. The average Bonchev–Trinajstić information content (AvgIpc) is 2.34. The number of amides is 1. The van der Waals surface area contributed by atoms with Crippen molar-refractivity contribution >= 4 is 5.91 Å². The first-order valence-corrected chi connectivity index (χ1v) is 7.55. The van der Waals surface area contributed by atoms with Gasteiger partial charge in [-0.05, 0) is 40.5 Å². The molecule has 0 saturated carbocycles. The Hall–Kier alpha value is -1.31. The minimum Gasteiger partial charge on any atom is -0.352 e. The topological polar surface area (TPSA) is 29.1 Å². The lowest BCUT2D eigenvalue weighted by molar-refractivity contribution is 0.0949. The van der Waals surface area contributed by atoms with Gasteiger partial charge in [-0.1, -0.05) is 54.5 Å². The molecule has 1 rings (SSSR count). The molecule has 1 N–H and O–H groups in total. The van der Waals surface area contributed by atoms with E-state index >= 15 is 0 Å². The van der Waals surface area contributed by atoms with Gasteiger partial charge in [0.25, 0.3) is 5.91 Å². The molecular formula is C18H29NO. The molecule has 0 bridgehead atoms. The molecule has 0 fully saturated rings. The average molecular weight is 275 g/mol. The Kier molecular flexibility index (Phi) is 5.38. The van der Waals surface area contributed by atoms with Gasteiger partial charge in [-0.25, -0.2) is 0 Å². The van der Waals surface area contributed by atoms with Gasteiger partial charge in [-0.2, -0.15) is 0 Å². The van der Waals surface area contributed by atoms with E-state index in [1.54, 1.807) is 0 Å². The summed E-state index contributed by atoms with van der Waals surface area (Å²) in [6, 6.07) is 6.28. The molecule has 1 aromatic rings. The van der Waals surface area contributed by atoms with Gasteiger partial charge in [0.05, 0.1) is 0 Å². The van der Waals surface area contributed by atoms with Gasteiger partial charge in [0.2, 0.25) is 0 Å². The summed E-state index contributed by atoms with van der Waals surface area (Å²) in [4.78, 5) is 12.3. The minimum atomic E-state index is 0.0340. The Morgan fingerprint density at radius 3 is 2.15 bits per heavy atom. The Balaban J connectivity index is 3.12. The molecule has 0 heterocycles. The zero-order valence-electron chi connectivity index (χ0n) is 14.0. The predicted molar refractivity (Wildman–Crippen MR) is 86.4 cm³/mol. The highest BCUT2D eigenvalue weighted by Gasteiger charge is 2.18. The van der Waals surface area contributed by atoms with Crippen LogP contribution in [-0.2, 0) is 5.41 Å². The molecule has 0 aliphatic heterocycles. The number of hydrogen-bond acceptors (Lipinski definition) is 1. The Morgan fingerprint density at radius 1 is 1.10 bits per heavy atom. The predicted octanol–water partition coefficient (Wildman–Crippen LogP) is 4.49. The normalized spacial score (nSPS) is 12.1. The Morgan fingerprint density at radius 2 is 1.70 bits per heavy atom. The van der Waals surface area contributed by atoms with E-state index in [1.807, 2.05) is 12.1 Å². The molecule has 0 saturated heterocycles. The lowest BCUT2D eigenvalue weighted by Crippen LogP contribution is -2.28. The zero-order chi connectivity index (χ0) is 15.5. The quantitative estimate of drug-likeness (QED) is 0.861. The molecule has 1 amide bonds. The number of benzene rings is 1. The van der Waals surface area contributed by atoms with Crippen LogP contribution in [-0.4, -0.2) is 12.5 Å². The number of carbonyl (C=O) groups excluding carboxylic acids is 1. The highest BCUT2D eigenvalue weighted by molar-refractivity contribution is 5.94. The molecule has 0 atom stereocenters. The highest BCUT2D eigenvalue weighted by atomic mass is 16.1. The second-order valence-electron chi connectivity index (χ2n) is 7.35. The largest absolute Gasteiger partial charge is 0.352 e. The number of rotatable bonds is 4. The SMILES string of the molecule is CC(C)CNC(=O)c1cc(C(C)C)cc(C(C)(C)C)c1. The molecule has 0 radical (unpaired) electrons. The number of nitrogens with one attached hydrogen (secondary N) is 1. The van der Waals surface area contributed by atoms with Crippen LogP contribution in [0.2, 0.25) is 0 Å². The van der Waals surface area contributed by atoms with Crippen LogP contribution < -0.4 is 5.32 Å². The second kappa shape index (κ2) is 6.43. The van der Waals surface area contributed by atoms with Crippen LogP contribution in [0.3, 0.4) is 0 Å². The van der Waals surface area contributed by atoms with Crippen LogP contribution in [0.5, 0.6) is 0 Å². The Labute approximate surface area is 124 Å². The van der Waals surface area contributed by atoms with Crippen molar-refractivity contribution in [3.8, 4) is 0 Å². The van der Waals surface area contributed by atoms with Gasteiger partial charge >= 0.3 is 0 Å². The van der Waals surface area contributed by atoms with Crippen LogP contribution in [0.25, 0.3) is 0 Å². The fraction of sp³-hybridized carbons (Fsp3) is 0.611. The van der Waals surface area contributed by atoms with Crippen molar-refractivity contribution in [2.24, 2.45) is 5.92 Å². The van der Waals surface area contributed by atoms with Gasteiger partial charge in [-0.15, -0.1) is 0 Å². The molecule has 20 heavy (non-hydrogen) atoms. The van der Waals surface area contributed by atoms with Crippen LogP contribution in [0.1, 0.15) is 75.9 Å². The summed E-state index contributed by atoms with van der Waals surface area (Å²) in [5, 5.41) is 3.00. The summed E-state index contributed by atoms with van der Waals surface area (Å²) in [6.45, 7) is 15.8. The third-order valence-electron chi connectivity index (χ3n) is 3.42. The minimum absolute atomic E-state index is 0.0340. The van der Waals surface area contributed by atoms with Crippen molar-refractivity contribution in [3.05, 3.63) is 34.9 Å². The van der Waals surface area contributed by atoms with Crippen molar-refractivity contribution in [2.45, 2.75) is 59.8 Å². The monoisotopic (exact) mass is 275 g/mol. The van der Waals surface area contributed by atoms with Gasteiger partial charge in [0, 0.05) is 12.1 Å². The maximum Gasteiger partial charge on any atom is 0.251 e. The molecule has 0 unspecified atom stereocenters. The van der Waals surface area contributed by atoms with Crippen molar-refractivity contribution in [1.29, 1.82) is 0 Å². The van der Waals surface area contributed by atoms with E-state index in [1.165, 1.54) is 11.1 Å². The standard InChI is InChI=1S/C18H29NO/c1-12(2)11-19-17(20)15-8-14(13(3)4)9-16(10-15)18(5,6)7/h8-10,12-13H,11H2,1-7H3,(H,19,20). The number of hydrogen-bond donors (Lipinski definition) is 1. The first-order valence-electron chi connectivity index (χ1n) is 7.55.